The molecule has 0 spiro atoms. The van der Waals surface area contributed by atoms with Gasteiger partial charge < -0.3 is 14.6 Å². The number of halogens is 1. The summed E-state index contributed by atoms with van der Waals surface area (Å²) in [5.74, 6) is 0.737. The molecule has 0 bridgehead atoms. The molecule has 0 saturated carbocycles. The van der Waals surface area contributed by atoms with Crippen LogP contribution < -0.4 is 10.4 Å². The van der Waals surface area contributed by atoms with E-state index in [2.05, 4.69) is 9.88 Å². The van der Waals surface area contributed by atoms with E-state index in [1.54, 1.807) is 12.3 Å². The van der Waals surface area contributed by atoms with Crippen LogP contribution in [0, 0.1) is 0 Å². The largest absolute Gasteiger partial charge is 0.491 e. The van der Waals surface area contributed by atoms with Gasteiger partial charge in [0.25, 0.3) is 0 Å². The standard InChI is InChI=1S/C18H18BClN2O3/c20-16-10-18(22-5-1-6-22)21-11-14(16)17(23)9-12-2-3-13-4-7-25-19(24)15(13)8-12/h2-3,8,10-11,24H,1,4-7,9H2. The van der Waals surface area contributed by atoms with Crippen LogP contribution in [0.4, 0.5) is 5.82 Å². The van der Waals surface area contributed by atoms with Crippen molar-refractivity contribution in [2.24, 2.45) is 0 Å². The predicted molar refractivity (Wildman–Crippen MR) is 97.8 cm³/mol. The van der Waals surface area contributed by atoms with E-state index in [1.165, 1.54) is 0 Å². The maximum atomic E-state index is 12.6. The number of nitrogens with zero attached hydrogens (tertiary/aromatic N) is 2. The summed E-state index contributed by atoms with van der Waals surface area (Å²) < 4.78 is 5.25. The number of ketones is 1. The summed E-state index contributed by atoms with van der Waals surface area (Å²) in [5.41, 5.74) is 3.07. The molecule has 0 radical (unpaired) electrons. The number of anilines is 1. The molecule has 25 heavy (non-hydrogen) atoms. The molecule has 1 fully saturated rings. The second-order valence-corrected chi connectivity index (χ2v) is 6.88. The summed E-state index contributed by atoms with van der Waals surface area (Å²) in [4.78, 5) is 19.1. The van der Waals surface area contributed by atoms with Crippen LogP contribution in [0.5, 0.6) is 0 Å². The minimum atomic E-state index is -0.917. The lowest BCUT2D eigenvalue weighted by Gasteiger charge is -2.32. The number of benzene rings is 1. The van der Waals surface area contributed by atoms with Crippen LogP contribution in [-0.2, 0) is 17.5 Å². The molecule has 2 aliphatic rings. The van der Waals surface area contributed by atoms with E-state index in [1.807, 2.05) is 18.2 Å². The number of fused-ring (bicyclic) bond motifs is 1. The van der Waals surface area contributed by atoms with Gasteiger partial charge in [0.15, 0.2) is 5.78 Å². The van der Waals surface area contributed by atoms with Crippen molar-refractivity contribution in [1.29, 1.82) is 0 Å². The number of rotatable bonds is 4. The van der Waals surface area contributed by atoms with Gasteiger partial charge in [-0.1, -0.05) is 29.8 Å². The lowest BCUT2D eigenvalue weighted by atomic mass is 9.73. The third-order valence-electron chi connectivity index (χ3n) is 4.81. The molecule has 7 heteroatoms. The summed E-state index contributed by atoms with van der Waals surface area (Å²) in [7, 11) is -0.917. The summed E-state index contributed by atoms with van der Waals surface area (Å²) in [5, 5.41) is 10.4. The molecule has 3 heterocycles. The average Bonchev–Trinajstić information content (AvgIpc) is 2.54. The van der Waals surface area contributed by atoms with Gasteiger partial charge in [0.1, 0.15) is 5.82 Å². The fraction of sp³-hybridized carbons (Fsp3) is 0.333. The van der Waals surface area contributed by atoms with E-state index in [9.17, 15) is 9.82 Å². The number of carbonyl (C=O) groups excluding carboxylic acids is 1. The van der Waals surface area contributed by atoms with E-state index in [0.29, 0.717) is 17.2 Å². The van der Waals surface area contributed by atoms with Gasteiger partial charge in [0.2, 0.25) is 0 Å². The molecule has 1 aromatic heterocycles. The number of aromatic nitrogens is 1. The normalized spacial score (nSPS) is 16.4. The highest BCUT2D eigenvalue weighted by Crippen LogP contribution is 2.25. The molecule has 0 atom stereocenters. The van der Waals surface area contributed by atoms with Crippen molar-refractivity contribution in [3.8, 4) is 0 Å². The third kappa shape index (κ3) is 3.29. The van der Waals surface area contributed by atoms with Crippen LogP contribution in [0.2, 0.25) is 5.02 Å². The van der Waals surface area contributed by atoms with Crippen molar-refractivity contribution in [3.05, 3.63) is 52.2 Å². The first-order valence-electron chi connectivity index (χ1n) is 8.47. The average molecular weight is 357 g/mol. The Hall–Kier alpha value is -1.89. The Labute approximate surface area is 151 Å². The Morgan fingerprint density at radius 3 is 2.92 bits per heavy atom. The van der Waals surface area contributed by atoms with Crippen molar-refractivity contribution < 1.29 is 14.5 Å². The van der Waals surface area contributed by atoms with E-state index in [-0.39, 0.29) is 12.2 Å². The van der Waals surface area contributed by atoms with Crippen molar-refractivity contribution in [2.75, 3.05) is 24.6 Å². The number of carbonyl (C=O) groups is 1. The fourth-order valence-corrected chi connectivity index (χ4v) is 3.46. The van der Waals surface area contributed by atoms with E-state index < -0.39 is 7.12 Å². The second-order valence-electron chi connectivity index (χ2n) is 6.47. The van der Waals surface area contributed by atoms with Gasteiger partial charge >= 0.3 is 7.12 Å². The van der Waals surface area contributed by atoms with Crippen molar-refractivity contribution in [3.63, 3.8) is 0 Å². The van der Waals surface area contributed by atoms with Crippen LogP contribution in [0.3, 0.4) is 0 Å². The summed E-state index contributed by atoms with van der Waals surface area (Å²) in [6, 6.07) is 7.48. The molecule has 0 amide bonds. The van der Waals surface area contributed by atoms with Gasteiger partial charge in [-0.15, -0.1) is 0 Å². The summed E-state index contributed by atoms with van der Waals surface area (Å²) in [6.45, 7) is 2.48. The number of hydrogen-bond donors (Lipinski definition) is 1. The van der Waals surface area contributed by atoms with Crippen LogP contribution in [0.25, 0.3) is 0 Å². The highest BCUT2D eigenvalue weighted by Gasteiger charge is 2.25. The smallest absolute Gasteiger partial charge is 0.423 e. The second kappa shape index (κ2) is 6.79. The quantitative estimate of drug-likeness (QED) is 0.666. The third-order valence-corrected chi connectivity index (χ3v) is 5.12. The zero-order valence-electron chi connectivity index (χ0n) is 13.7. The Kier molecular flexibility index (Phi) is 4.50. The van der Waals surface area contributed by atoms with Gasteiger partial charge in [0, 0.05) is 38.4 Å². The Bertz CT molecular complexity index is 826. The van der Waals surface area contributed by atoms with Crippen LogP contribution in [-0.4, -0.2) is 42.6 Å². The Morgan fingerprint density at radius 2 is 2.20 bits per heavy atom. The molecular formula is C18H18BClN2O3. The fourth-order valence-electron chi connectivity index (χ4n) is 3.21. The van der Waals surface area contributed by atoms with E-state index in [0.717, 1.165) is 48.3 Å². The van der Waals surface area contributed by atoms with E-state index in [4.69, 9.17) is 16.3 Å². The van der Waals surface area contributed by atoms with Crippen LogP contribution >= 0.6 is 11.6 Å². The SMILES string of the molecule is O=C(Cc1ccc2c(c1)B(O)OCC2)c1cnc(N2CCC2)cc1Cl. The Morgan fingerprint density at radius 1 is 1.36 bits per heavy atom. The van der Waals surface area contributed by atoms with Gasteiger partial charge in [-0.05, 0) is 29.4 Å². The lowest BCUT2D eigenvalue weighted by Crippen LogP contribution is -2.41. The highest BCUT2D eigenvalue weighted by atomic mass is 35.5. The van der Waals surface area contributed by atoms with E-state index >= 15 is 0 Å². The monoisotopic (exact) mass is 356 g/mol. The molecule has 5 nitrogen and oxygen atoms in total. The molecule has 1 N–H and O–H groups in total. The molecule has 1 aromatic carbocycles. The molecule has 4 rings (SSSR count). The molecule has 128 valence electrons. The molecule has 2 aromatic rings. The molecular weight excluding hydrogens is 338 g/mol. The molecule has 0 unspecified atom stereocenters. The zero-order chi connectivity index (χ0) is 17.4. The first kappa shape index (κ1) is 16.6. The first-order valence-corrected chi connectivity index (χ1v) is 8.84. The minimum absolute atomic E-state index is 0.0844. The number of Topliss-reactive ketones (excluding diaryl/α,β-unsaturated/α-hetero) is 1. The predicted octanol–water partition coefficient (Wildman–Crippen LogP) is 1.63. The molecule has 2 aliphatic heterocycles. The molecule has 0 aliphatic carbocycles. The van der Waals surface area contributed by atoms with Gasteiger partial charge in [-0.2, -0.15) is 0 Å². The number of hydrogen-bond acceptors (Lipinski definition) is 5. The maximum Gasteiger partial charge on any atom is 0.491 e. The first-order chi connectivity index (χ1) is 12.1. The van der Waals surface area contributed by atoms with Crippen molar-refractivity contribution >= 4 is 35.8 Å². The topological polar surface area (TPSA) is 62.7 Å². The highest BCUT2D eigenvalue weighted by molar-refractivity contribution is 6.60. The minimum Gasteiger partial charge on any atom is -0.423 e. The van der Waals surface area contributed by atoms with Gasteiger partial charge in [-0.25, -0.2) is 4.98 Å². The Balaban J connectivity index is 1.53. The van der Waals surface area contributed by atoms with Crippen LogP contribution in [0.15, 0.2) is 30.5 Å². The molecule has 1 saturated heterocycles. The lowest BCUT2D eigenvalue weighted by molar-refractivity contribution is 0.0992. The van der Waals surface area contributed by atoms with Gasteiger partial charge in [0.05, 0.1) is 10.6 Å². The van der Waals surface area contributed by atoms with Gasteiger partial charge in [-0.3, -0.25) is 4.79 Å². The van der Waals surface area contributed by atoms with Crippen molar-refractivity contribution in [2.45, 2.75) is 19.3 Å². The number of pyridine rings is 1. The summed E-state index contributed by atoms with van der Waals surface area (Å²) in [6.07, 6.45) is 3.71. The van der Waals surface area contributed by atoms with Crippen LogP contribution in [0.1, 0.15) is 27.9 Å². The summed E-state index contributed by atoms with van der Waals surface area (Å²) >= 11 is 6.31. The zero-order valence-corrected chi connectivity index (χ0v) is 14.5. The maximum absolute atomic E-state index is 12.6. The van der Waals surface area contributed by atoms with Crippen molar-refractivity contribution in [1.82, 2.24) is 4.98 Å².